The number of urea groups is 1. The lowest BCUT2D eigenvalue weighted by Gasteiger charge is -2.13. The van der Waals surface area contributed by atoms with Gasteiger partial charge in [0.1, 0.15) is 5.69 Å². The van der Waals surface area contributed by atoms with Crippen LogP contribution < -0.4 is 10.6 Å². The molecule has 3 amide bonds. The van der Waals surface area contributed by atoms with E-state index in [1.807, 2.05) is 48.7 Å². The van der Waals surface area contributed by atoms with E-state index in [-0.39, 0.29) is 17.7 Å². The molecule has 1 fully saturated rings. The minimum absolute atomic E-state index is 0.0450. The van der Waals surface area contributed by atoms with Gasteiger partial charge in [-0.05, 0) is 50.5 Å². The van der Waals surface area contributed by atoms with Crippen LogP contribution in [0.2, 0.25) is 0 Å². The lowest BCUT2D eigenvalue weighted by molar-refractivity contribution is -0.117. The second kappa shape index (κ2) is 8.66. The number of imide groups is 1. The topological polar surface area (TPSA) is 102 Å². The molecule has 0 saturated heterocycles. The molecule has 0 spiro atoms. The smallest absolute Gasteiger partial charge is 0.321 e. The van der Waals surface area contributed by atoms with Crippen molar-refractivity contribution in [1.82, 2.24) is 30.4 Å². The molecule has 4 rings (SSSR count). The van der Waals surface area contributed by atoms with Crippen LogP contribution >= 0.6 is 11.8 Å². The molecule has 1 aliphatic carbocycles. The third-order valence-electron chi connectivity index (χ3n) is 4.62. The molecule has 1 saturated carbocycles. The number of nitrogens with one attached hydrogen (secondary N) is 2. The molecule has 3 aromatic rings. The van der Waals surface area contributed by atoms with Crippen LogP contribution in [0.5, 0.6) is 0 Å². The number of benzene rings is 1. The summed E-state index contributed by atoms with van der Waals surface area (Å²) in [6, 6.07) is 11.5. The molecule has 0 atom stereocenters. The summed E-state index contributed by atoms with van der Waals surface area (Å²) < 4.78 is 1.90. The van der Waals surface area contributed by atoms with Gasteiger partial charge in [0.25, 0.3) is 0 Å². The Bertz CT molecular complexity index is 1080. The highest BCUT2D eigenvalue weighted by atomic mass is 32.2. The Labute approximate surface area is 178 Å². The third kappa shape index (κ3) is 4.68. The number of aryl methyl sites for hydroxylation is 2. The van der Waals surface area contributed by atoms with Gasteiger partial charge in [-0.15, -0.1) is 10.2 Å². The third-order valence-corrected chi connectivity index (χ3v) is 5.55. The molecule has 30 heavy (non-hydrogen) atoms. The van der Waals surface area contributed by atoms with Crippen molar-refractivity contribution in [2.75, 3.05) is 5.75 Å². The molecule has 0 radical (unpaired) electrons. The van der Waals surface area contributed by atoms with Crippen molar-refractivity contribution in [3.05, 3.63) is 53.7 Å². The summed E-state index contributed by atoms with van der Waals surface area (Å²) in [6.07, 6.45) is 3.63. The molecular weight excluding hydrogens is 400 g/mol. The summed E-state index contributed by atoms with van der Waals surface area (Å²) in [4.78, 5) is 28.4. The Morgan fingerprint density at radius 1 is 1.17 bits per heavy atom. The van der Waals surface area contributed by atoms with Crippen molar-refractivity contribution in [3.8, 4) is 17.2 Å². The quantitative estimate of drug-likeness (QED) is 0.592. The Morgan fingerprint density at radius 2 is 2.00 bits per heavy atom. The number of aromatic nitrogens is 4. The molecule has 0 bridgehead atoms. The molecule has 0 aliphatic heterocycles. The molecule has 1 aliphatic rings. The van der Waals surface area contributed by atoms with E-state index in [9.17, 15) is 9.59 Å². The van der Waals surface area contributed by atoms with E-state index >= 15 is 0 Å². The van der Waals surface area contributed by atoms with Crippen LogP contribution in [0.4, 0.5) is 4.79 Å². The minimum atomic E-state index is -0.451. The van der Waals surface area contributed by atoms with Gasteiger partial charge in [0.05, 0.1) is 11.4 Å². The number of carbonyl (C=O) groups is 2. The molecule has 2 N–H and O–H groups in total. The number of pyridine rings is 1. The standard InChI is InChI=1S/C21H22N6O2S/c1-13-6-9-17(14(2)11-13)27-19(16-5-3-4-10-22-16)25-26-21(27)30-12-18(28)24-20(29)23-15-7-8-15/h3-6,9-11,15H,7-8,12H2,1-2H3,(H2,23,24,28,29). The highest BCUT2D eigenvalue weighted by molar-refractivity contribution is 7.99. The summed E-state index contributed by atoms with van der Waals surface area (Å²) in [5.41, 5.74) is 3.81. The average Bonchev–Trinajstić information content (AvgIpc) is 3.43. The average molecular weight is 423 g/mol. The van der Waals surface area contributed by atoms with Gasteiger partial charge >= 0.3 is 6.03 Å². The second-order valence-corrected chi connectivity index (χ2v) is 8.17. The zero-order valence-electron chi connectivity index (χ0n) is 16.8. The molecule has 2 heterocycles. The van der Waals surface area contributed by atoms with E-state index in [0.29, 0.717) is 16.7 Å². The van der Waals surface area contributed by atoms with Gasteiger partial charge < -0.3 is 5.32 Å². The normalized spacial score (nSPS) is 13.1. The highest BCUT2D eigenvalue weighted by Gasteiger charge is 2.24. The Hall–Kier alpha value is -3.20. The maximum Gasteiger partial charge on any atom is 0.321 e. The first-order valence-electron chi connectivity index (χ1n) is 9.69. The van der Waals surface area contributed by atoms with Gasteiger partial charge in [-0.2, -0.15) is 0 Å². The monoisotopic (exact) mass is 422 g/mol. The van der Waals surface area contributed by atoms with E-state index in [1.165, 1.54) is 11.8 Å². The Morgan fingerprint density at radius 3 is 2.70 bits per heavy atom. The van der Waals surface area contributed by atoms with E-state index < -0.39 is 6.03 Å². The van der Waals surface area contributed by atoms with Crippen LogP contribution in [0.15, 0.2) is 47.8 Å². The van der Waals surface area contributed by atoms with Crippen LogP contribution in [0.3, 0.4) is 0 Å². The zero-order chi connectivity index (χ0) is 21.1. The van der Waals surface area contributed by atoms with E-state index in [0.717, 1.165) is 29.7 Å². The highest BCUT2D eigenvalue weighted by Crippen LogP contribution is 2.29. The summed E-state index contributed by atoms with van der Waals surface area (Å²) in [5.74, 6) is 0.258. The molecule has 2 aromatic heterocycles. The van der Waals surface area contributed by atoms with Gasteiger partial charge in [0.15, 0.2) is 11.0 Å². The maximum atomic E-state index is 12.2. The maximum absolute atomic E-state index is 12.2. The van der Waals surface area contributed by atoms with Crippen molar-refractivity contribution in [3.63, 3.8) is 0 Å². The van der Waals surface area contributed by atoms with Crippen molar-refractivity contribution in [2.45, 2.75) is 37.9 Å². The van der Waals surface area contributed by atoms with E-state index in [1.54, 1.807) is 6.20 Å². The number of hydrogen-bond acceptors (Lipinski definition) is 6. The Kier molecular flexibility index (Phi) is 5.80. The first-order chi connectivity index (χ1) is 14.5. The van der Waals surface area contributed by atoms with Crippen LogP contribution in [0.1, 0.15) is 24.0 Å². The summed E-state index contributed by atoms with van der Waals surface area (Å²) >= 11 is 1.22. The lowest BCUT2D eigenvalue weighted by atomic mass is 10.1. The van der Waals surface area contributed by atoms with Crippen LogP contribution in [-0.2, 0) is 4.79 Å². The zero-order valence-corrected chi connectivity index (χ0v) is 17.6. The molecule has 0 unspecified atom stereocenters. The summed E-state index contributed by atoms with van der Waals surface area (Å²) in [7, 11) is 0. The summed E-state index contributed by atoms with van der Waals surface area (Å²) in [5, 5.41) is 14.3. The van der Waals surface area contributed by atoms with Crippen molar-refractivity contribution >= 4 is 23.7 Å². The first-order valence-corrected chi connectivity index (χ1v) is 10.7. The van der Waals surface area contributed by atoms with Gasteiger partial charge in [-0.25, -0.2) is 4.79 Å². The van der Waals surface area contributed by atoms with Gasteiger partial charge in [-0.3, -0.25) is 19.7 Å². The number of carbonyl (C=O) groups excluding carboxylic acids is 2. The molecule has 8 nitrogen and oxygen atoms in total. The second-order valence-electron chi connectivity index (χ2n) is 7.23. The van der Waals surface area contributed by atoms with E-state index in [2.05, 4.69) is 31.9 Å². The van der Waals surface area contributed by atoms with E-state index in [4.69, 9.17) is 0 Å². The molecule has 154 valence electrons. The van der Waals surface area contributed by atoms with Crippen LogP contribution in [0.25, 0.3) is 17.2 Å². The fourth-order valence-electron chi connectivity index (χ4n) is 3.04. The van der Waals surface area contributed by atoms with Crippen molar-refractivity contribution in [2.24, 2.45) is 0 Å². The van der Waals surface area contributed by atoms with Crippen molar-refractivity contribution < 1.29 is 9.59 Å². The summed E-state index contributed by atoms with van der Waals surface area (Å²) in [6.45, 7) is 4.06. The molecule has 1 aromatic carbocycles. The minimum Gasteiger partial charge on any atom is -0.335 e. The molecule has 9 heteroatoms. The largest absolute Gasteiger partial charge is 0.335 e. The SMILES string of the molecule is Cc1ccc(-n2c(SCC(=O)NC(=O)NC3CC3)nnc2-c2ccccn2)c(C)c1. The number of thioether (sulfide) groups is 1. The van der Waals surface area contributed by atoms with Gasteiger partial charge in [-0.1, -0.05) is 35.5 Å². The number of rotatable bonds is 6. The fraction of sp³-hybridized carbons (Fsp3) is 0.286. The number of amides is 3. The van der Waals surface area contributed by atoms with Crippen molar-refractivity contribution in [1.29, 1.82) is 0 Å². The van der Waals surface area contributed by atoms with Crippen LogP contribution in [-0.4, -0.2) is 43.5 Å². The van der Waals surface area contributed by atoms with Crippen LogP contribution in [0, 0.1) is 13.8 Å². The van der Waals surface area contributed by atoms with Gasteiger partial charge in [0, 0.05) is 12.2 Å². The fourth-order valence-corrected chi connectivity index (χ4v) is 3.78. The lowest BCUT2D eigenvalue weighted by Crippen LogP contribution is -2.41. The number of hydrogen-bond donors (Lipinski definition) is 2. The van der Waals surface area contributed by atoms with Gasteiger partial charge in [0.2, 0.25) is 5.91 Å². The predicted molar refractivity (Wildman–Crippen MR) is 114 cm³/mol. The Balaban J connectivity index is 1.58. The number of nitrogens with zero attached hydrogens (tertiary/aromatic N) is 4. The molecular formula is C21H22N6O2S. The predicted octanol–water partition coefficient (Wildman–Crippen LogP) is 3.03. The first kappa shape index (κ1) is 20.1.